The van der Waals surface area contributed by atoms with Crippen LogP contribution in [0, 0.1) is 0 Å². The molecule has 0 aromatic heterocycles. The van der Waals surface area contributed by atoms with Crippen LogP contribution < -0.4 is 0 Å². The van der Waals surface area contributed by atoms with Crippen molar-refractivity contribution >= 4 is 19.9 Å². The molecule has 0 bridgehead atoms. The van der Waals surface area contributed by atoms with Gasteiger partial charge in [-0.1, -0.05) is 18.2 Å². The lowest BCUT2D eigenvalue weighted by Gasteiger charge is -2.26. The Morgan fingerprint density at radius 1 is 1.11 bits per heavy atom. The average molecular weight is 402 g/mol. The summed E-state index contributed by atoms with van der Waals surface area (Å²) in [5, 5.41) is 9.53. The monoisotopic (exact) mass is 402 g/mol. The van der Waals surface area contributed by atoms with Crippen molar-refractivity contribution in [2.75, 3.05) is 13.0 Å². The van der Waals surface area contributed by atoms with Gasteiger partial charge in [0.05, 0.1) is 24.4 Å². The summed E-state index contributed by atoms with van der Waals surface area (Å²) in [6, 6.07) is 8.08. The smallest absolute Gasteiger partial charge is 0.356 e. The van der Waals surface area contributed by atoms with Crippen molar-refractivity contribution in [3.05, 3.63) is 35.9 Å². The van der Waals surface area contributed by atoms with E-state index in [9.17, 15) is 19.3 Å². The van der Waals surface area contributed by atoms with Crippen molar-refractivity contribution < 1.29 is 37.8 Å². The Hall–Kier alpha value is -1.57. The topological polar surface area (TPSA) is 108 Å². The number of rotatable bonds is 12. The predicted octanol–water partition coefficient (Wildman–Crippen LogP) is 2.79. The second-order valence-corrected chi connectivity index (χ2v) is 8.21. The molecule has 1 rings (SSSR count). The van der Waals surface area contributed by atoms with E-state index in [1.807, 2.05) is 0 Å². The molecule has 0 unspecified atom stereocenters. The number of aldehydes is 1. The zero-order valence-electron chi connectivity index (χ0n) is 15.9. The first-order chi connectivity index (χ1) is 12.7. The molecular formula is C18H27O8P. The Morgan fingerprint density at radius 2 is 1.67 bits per heavy atom. The van der Waals surface area contributed by atoms with Crippen LogP contribution in [0.3, 0.4) is 0 Å². The van der Waals surface area contributed by atoms with Gasteiger partial charge in [0.1, 0.15) is 12.5 Å². The van der Waals surface area contributed by atoms with E-state index in [2.05, 4.69) is 0 Å². The van der Waals surface area contributed by atoms with Crippen LogP contribution in [0.2, 0.25) is 0 Å². The van der Waals surface area contributed by atoms with E-state index in [1.165, 1.54) is 12.1 Å². The summed E-state index contributed by atoms with van der Waals surface area (Å²) in [4.78, 5) is 23.5. The van der Waals surface area contributed by atoms with Gasteiger partial charge < -0.3 is 23.6 Å². The summed E-state index contributed by atoms with van der Waals surface area (Å²) < 4.78 is 33.9. The largest absolute Gasteiger partial charge is 0.448 e. The van der Waals surface area contributed by atoms with E-state index in [-0.39, 0.29) is 17.8 Å². The first-order valence-corrected chi connectivity index (χ1v) is 10.3. The molecule has 0 amide bonds. The average Bonchev–Trinajstić information content (AvgIpc) is 2.60. The second kappa shape index (κ2) is 11.3. The zero-order chi connectivity index (χ0) is 20.4. The van der Waals surface area contributed by atoms with Gasteiger partial charge >= 0.3 is 13.6 Å². The molecule has 9 heteroatoms. The minimum absolute atomic E-state index is 0.248. The highest BCUT2D eigenvalue weighted by molar-refractivity contribution is 7.53. The fourth-order valence-electron chi connectivity index (χ4n) is 2.12. The van der Waals surface area contributed by atoms with Crippen molar-refractivity contribution in [3.63, 3.8) is 0 Å². The van der Waals surface area contributed by atoms with Gasteiger partial charge in [-0.05, 0) is 39.8 Å². The number of carbonyl (C=O) groups excluding carboxylic acids is 2. The SMILES string of the molecule is CC(C)OP(=O)(CO[C@@H](CO)[C@H](C=O)OC(=O)c1ccccc1)OC(C)C. The molecule has 0 spiro atoms. The van der Waals surface area contributed by atoms with E-state index in [1.54, 1.807) is 45.9 Å². The first kappa shape index (κ1) is 23.5. The van der Waals surface area contributed by atoms with Gasteiger partial charge in [-0.3, -0.25) is 9.36 Å². The fraction of sp³-hybridized carbons (Fsp3) is 0.556. The van der Waals surface area contributed by atoms with Crippen LogP contribution in [-0.4, -0.2) is 54.7 Å². The molecule has 8 nitrogen and oxygen atoms in total. The Morgan fingerprint density at radius 3 is 2.11 bits per heavy atom. The van der Waals surface area contributed by atoms with Gasteiger partial charge in [-0.25, -0.2) is 4.79 Å². The molecule has 0 fully saturated rings. The normalized spacial score (nSPS) is 14.2. The molecule has 0 heterocycles. The molecule has 152 valence electrons. The maximum absolute atomic E-state index is 12.8. The second-order valence-electron chi connectivity index (χ2n) is 6.31. The van der Waals surface area contributed by atoms with Crippen molar-refractivity contribution in [1.29, 1.82) is 0 Å². The number of hydrogen-bond acceptors (Lipinski definition) is 8. The molecule has 0 aliphatic heterocycles. The Bertz CT molecular complexity index is 618. The number of esters is 1. The zero-order valence-corrected chi connectivity index (χ0v) is 16.8. The van der Waals surface area contributed by atoms with Crippen molar-refractivity contribution in [1.82, 2.24) is 0 Å². The molecule has 1 N–H and O–H groups in total. The molecule has 0 saturated heterocycles. The lowest BCUT2D eigenvalue weighted by Crippen LogP contribution is -2.38. The highest BCUT2D eigenvalue weighted by atomic mass is 31.2. The number of benzene rings is 1. The van der Waals surface area contributed by atoms with Gasteiger partial charge in [-0.2, -0.15) is 0 Å². The van der Waals surface area contributed by atoms with Crippen molar-refractivity contribution in [3.8, 4) is 0 Å². The summed E-state index contributed by atoms with van der Waals surface area (Å²) in [5.74, 6) is -0.741. The minimum atomic E-state index is -3.63. The third-order valence-corrected chi connectivity index (χ3v) is 5.07. The number of aliphatic hydroxyl groups is 1. The third kappa shape index (κ3) is 8.32. The first-order valence-electron chi connectivity index (χ1n) is 8.60. The van der Waals surface area contributed by atoms with Gasteiger partial charge in [0.2, 0.25) is 0 Å². The molecular weight excluding hydrogens is 375 g/mol. The summed E-state index contributed by atoms with van der Waals surface area (Å²) in [6.07, 6.45) is -3.52. The molecule has 27 heavy (non-hydrogen) atoms. The van der Waals surface area contributed by atoms with E-state index in [0.717, 1.165) is 0 Å². The maximum Gasteiger partial charge on any atom is 0.356 e. The van der Waals surface area contributed by atoms with Crippen LogP contribution in [0.15, 0.2) is 30.3 Å². The standard InChI is InChI=1S/C18H27O8P/c1-13(2)25-27(22,26-14(3)4)12-23-16(10-19)17(11-20)24-18(21)15-8-6-5-7-9-15/h5-9,11,13-14,16-17,19H,10,12H2,1-4H3/t16-,17-/m0/s1. The van der Waals surface area contributed by atoms with Crippen LogP contribution in [0.1, 0.15) is 38.1 Å². The van der Waals surface area contributed by atoms with E-state index in [0.29, 0.717) is 6.29 Å². The van der Waals surface area contributed by atoms with Gasteiger partial charge in [-0.15, -0.1) is 0 Å². The Balaban J connectivity index is 2.79. The van der Waals surface area contributed by atoms with Gasteiger partial charge in [0, 0.05) is 0 Å². The van der Waals surface area contributed by atoms with Crippen molar-refractivity contribution in [2.24, 2.45) is 0 Å². The van der Waals surface area contributed by atoms with Crippen molar-refractivity contribution in [2.45, 2.75) is 52.1 Å². The Kier molecular flexibility index (Phi) is 9.83. The number of hydrogen-bond donors (Lipinski definition) is 1. The lowest BCUT2D eigenvalue weighted by atomic mass is 10.2. The molecule has 1 aromatic carbocycles. The van der Waals surface area contributed by atoms with Gasteiger partial charge in [0.25, 0.3) is 0 Å². The fourth-order valence-corrected chi connectivity index (χ4v) is 3.95. The minimum Gasteiger partial charge on any atom is -0.448 e. The molecule has 0 aliphatic rings. The highest BCUT2D eigenvalue weighted by Crippen LogP contribution is 2.50. The summed E-state index contributed by atoms with van der Waals surface area (Å²) >= 11 is 0. The predicted molar refractivity (Wildman–Crippen MR) is 98.6 cm³/mol. The quantitative estimate of drug-likeness (QED) is 0.323. The van der Waals surface area contributed by atoms with Crippen LogP contribution >= 0.6 is 7.60 Å². The van der Waals surface area contributed by atoms with Gasteiger partial charge in [0.15, 0.2) is 12.4 Å². The number of carbonyl (C=O) groups is 2. The Labute approximate surface area is 159 Å². The summed E-state index contributed by atoms with van der Waals surface area (Å²) in [7, 11) is -3.63. The van der Waals surface area contributed by atoms with Crippen LogP contribution in [-0.2, 0) is 27.9 Å². The summed E-state index contributed by atoms with van der Waals surface area (Å²) in [6.45, 7) is 6.13. The van der Waals surface area contributed by atoms with E-state index < -0.39 is 38.7 Å². The van der Waals surface area contributed by atoms with Crippen LogP contribution in [0.4, 0.5) is 0 Å². The van der Waals surface area contributed by atoms with Crippen LogP contribution in [0.25, 0.3) is 0 Å². The maximum atomic E-state index is 12.8. The third-order valence-electron chi connectivity index (χ3n) is 3.12. The van der Waals surface area contributed by atoms with Crippen LogP contribution in [0.5, 0.6) is 0 Å². The molecule has 0 aliphatic carbocycles. The molecule has 0 radical (unpaired) electrons. The molecule has 1 aromatic rings. The van der Waals surface area contributed by atoms with E-state index >= 15 is 0 Å². The lowest BCUT2D eigenvalue weighted by molar-refractivity contribution is -0.126. The summed E-state index contributed by atoms with van der Waals surface area (Å²) in [5.41, 5.74) is 0.248. The van der Waals surface area contributed by atoms with E-state index in [4.69, 9.17) is 18.5 Å². The highest BCUT2D eigenvalue weighted by Gasteiger charge is 2.33. The number of aliphatic hydroxyl groups excluding tert-OH is 1. The molecule has 2 atom stereocenters. The number of ether oxygens (including phenoxy) is 2. The molecule has 0 saturated carbocycles.